The van der Waals surface area contributed by atoms with Gasteiger partial charge < -0.3 is 4.74 Å². The number of rotatable bonds is 6. The number of nitriles is 1. The van der Waals surface area contributed by atoms with Crippen LogP contribution in [0.2, 0.25) is 5.02 Å². The summed E-state index contributed by atoms with van der Waals surface area (Å²) in [6.45, 7) is -0.672. The monoisotopic (exact) mass is 372 g/mol. The van der Waals surface area contributed by atoms with Gasteiger partial charge in [0.05, 0.1) is 11.1 Å². The Morgan fingerprint density at radius 1 is 1.23 bits per heavy atom. The summed E-state index contributed by atoms with van der Waals surface area (Å²) in [6, 6.07) is 14.5. The predicted octanol–water partition coefficient (Wildman–Crippen LogP) is 3.59. The standard InChI is InChI=1S/C19H14ClFN2O3/c20-16-12-14(6-8-17(16)21)7-9-19(25)26-13-18(24)23(11-10-22)15-4-2-1-3-5-15/h1-9,12H,11,13H2/b9-7+. The van der Waals surface area contributed by atoms with E-state index in [2.05, 4.69) is 0 Å². The number of anilines is 1. The molecule has 7 heteroatoms. The zero-order chi connectivity index (χ0) is 18.9. The van der Waals surface area contributed by atoms with Gasteiger partial charge in [-0.05, 0) is 35.9 Å². The highest BCUT2D eigenvalue weighted by Crippen LogP contribution is 2.17. The Hall–Kier alpha value is -3.17. The van der Waals surface area contributed by atoms with E-state index in [1.807, 2.05) is 6.07 Å². The normalized spacial score (nSPS) is 10.3. The first-order chi connectivity index (χ1) is 12.5. The fourth-order valence-corrected chi connectivity index (χ4v) is 2.23. The van der Waals surface area contributed by atoms with Gasteiger partial charge in [0.25, 0.3) is 5.91 Å². The van der Waals surface area contributed by atoms with E-state index in [1.165, 1.54) is 29.2 Å². The number of nitrogens with zero attached hydrogens (tertiary/aromatic N) is 2. The Morgan fingerprint density at radius 2 is 1.96 bits per heavy atom. The van der Waals surface area contributed by atoms with Gasteiger partial charge in [0.2, 0.25) is 0 Å². The molecular formula is C19H14ClFN2O3. The predicted molar refractivity (Wildman–Crippen MR) is 95.8 cm³/mol. The van der Waals surface area contributed by atoms with Crippen LogP contribution in [0.5, 0.6) is 0 Å². The van der Waals surface area contributed by atoms with E-state index in [1.54, 1.807) is 30.3 Å². The number of amides is 1. The molecule has 1 amide bonds. The van der Waals surface area contributed by atoms with Crippen molar-refractivity contribution in [3.05, 3.63) is 71.0 Å². The largest absolute Gasteiger partial charge is 0.452 e. The molecule has 0 atom stereocenters. The third-order valence-corrected chi connectivity index (χ3v) is 3.58. The summed E-state index contributed by atoms with van der Waals surface area (Å²) in [7, 11) is 0. The quantitative estimate of drug-likeness (QED) is 0.441. The fraction of sp³-hybridized carbons (Fsp3) is 0.105. The Balaban J connectivity index is 1.94. The molecule has 0 fully saturated rings. The lowest BCUT2D eigenvalue weighted by atomic mass is 10.2. The number of ether oxygens (including phenoxy) is 1. The lowest BCUT2D eigenvalue weighted by molar-refractivity contribution is -0.142. The van der Waals surface area contributed by atoms with E-state index in [0.717, 1.165) is 6.08 Å². The van der Waals surface area contributed by atoms with Crippen molar-refractivity contribution in [2.24, 2.45) is 0 Å². The Morgan fingerprint density at radius 3 is 2.62 bits per heavy atom. The van der Waals surface area contributed by atoms with E-state index < -0.39 is 24.3 Å². The van der Waals surface area contributed by atoms with Crippen molar-refractivity contribution in [2.75, 3.05) is 18.1 Å². The molecule has 0 aliphatic heterocycles. The molecule has 0 heterocycles. The first kappa shape index (κ1) is 19.2. The van der Waals surface area contributed by atoms with Gasteiger partial charge >= 0.3 is 5.97 Å². The van der Waals surface area contributed by atoms with Gasteiger partial charge in [0, 0.05) is 11.8 Å². The molecule has 0 saturated carbocycles. The van der Waals surface area contributed by atoms with E-state index >= 15 is 0 Å². The number of hydrogen-bond acceptors (Lipinski definition) is 4. The molecule has 0 aliphatic rings. The highest BCUT2D eigenvalue weighted by Gasteiger charge is 2.16. The minimum absolute atomic E-state index is 0.0642. The fourth-order valence-electron chi connectivity index (χ4n) is 2.04. The molecule has 26 heavy (non-hydrogen) atoms. The molecule has 0 radical (unpaired) electrons. The van der Waals surface area contributed by atoms with Crippen LogP contribution in [0.4, 0.5) is 10.1 Å². The maximum Gasteiger partial charge on any atom is 0.331 e. The number of para-hydroxylation sites is 1. The van der Waals surface area contributed by atoms with Crippen LogP contribution >= 0.6 is 11.6 Å². The second-order valence-electron chi connectivity index (χ2n) is 5.09. The topological polar surface area (TPSA) is 70.4 Å². The molecule has 5 nitrogen and oxygen atoms in total. The van der Waals surface area contributed by atoms with Crippen molar-refractivity contribution >= 4 is 35.2 Å². The van der Waals surface area contributed by atoms with E-state index in [-0.39, 0.29) is 11.6 Å². The van der Waals surface area contributed by atoms with Crippen molar-refractivity contribution in [2.45, 2.75) is 0 Å². The van der Waals surface area contributed by atoms with Crippen LogP contribution in [0.3, 0.4) is 0 Å². The molecule has 2 aromatic rings. The molecule has 0 saturated heterocycles. The Bertz CT molecular complexity index is 863. The molecular weight excluding hydrogens is 359 g/mol. The van der Waals surface area contributed by atoms with E-state index in [0.29, 0.717) is 11.3 Å². The third-order valence-electron chi connectivity index (χ3n) is 3.29. The minimum Gasteiger partial charge on any atom is -0.452 e. The summed E-state index contributed by atoms with van der Waals surface area (Å²) in [4.78, 5) is 25.2. The first-order valence-corrected chi connectivity index (χ1v) is 7.91. The molecule has 0 unspecified atom stereocenters. The second kappa shape index (κ2) is 9.35. The van der Waals surface area contributed by atoms with Crippen molar-refractivity contribution in [1.82, 2.24) is 0 Å². The third kappa shape index (κ3) is 5.43. The highest BCUT2D eigenvalue weighted by molar-refractivity contribution is 6.30. The summed E-state index contributed by atoms with van der Waals surface area (Å²) in [5, 5.41) is 8.81. The average Bonchev–Trinajstić information content (AvgIpc) is 2.65. The van der Waals surface area contributed by atoms with Crippen LogP contribution in [0.25, 0.3) is 6.08 Å². The summed E-state index contributed by atoms with van der Waals surface area (Å²) in [5.41, 5.74) is 1.04. The van der Waals surface area contributed by atoms with E-state index in [9.17, 15) is 14.0 Å². The highest BCUT2D eigenvalue weighted by atomic mass is 35.5. The summed E-state index contributed by atoms with van der Waals surface area (Å²) in [6.07, 6.45) is 2.50. The number of carbonyl (C=O) groups is 2. The van der Waals surface area contributed by atoms with Crippen molar-refractivity contribution in [1.29, 1.82) is 5.26 Å². The number of benzene rings is 2. The minimum atomic E-state index is -0.747. The van der Waals surface area contributed by atoms with Gasteiger partial charge in [0.15, 0.2) is 6.61 Å². The lowest BCUT2D eigenvalue weighted by Crippen LogP contribution is -2.34. The van der Waals surface area contributed by atoms with Crippen LogP contribution in [0, 0.1) is 17.1 Å². The van der Waals surface area contributed by atoms with Crippen LogP contribution < -0.4 is 4.90 Å². The van der Waals surface area contributed by atoms with Crippen molar-refractivity contribution in [3.63, 3.8) is 0 Å². The number of esters is 1. The molecule has 132 valence electrons. The van der Waals surface area contributed by atoms with Gasteiger partial charge in [0.1, 0.15) is 12.4 Å². The van der Waals surface area contributed by atoms with E-state index in [4.69, 9.17) is 21.6 Å². The Labute approximate surface area is 154 Å². The lowest BCUT2D eigenvalue weighted by Gasteiger charge is -2.19. The van der Waals surface area contributed by atoms with Crippen LogP contribution in [0.15, 0.2) is 54.6 Å². The summed E-state index contributed by atoms with van der Waals surface area (Å²) < 4.78 is 18.0. The number of carbonyl (C=O) groups excluding carboxylic acids is 2. The van der Waals surface area contributed by atoms with Gasteiger partial charge in [-0.2, -0.15) is 5.26 Å². The molecule has 0 aliphatic carbocycles. The van der Waals surface area contributed by atoms with Gasteiger partial charge in [-0.3, -0.25) is 9.69 Å². The Kier molecular flexibility index (Phi) is 6.89. The molecule has 2 aromatic carbocycles. The maximum absolute atomic E-state index is 13.1. The van der Waals surface area contributed by atoms with Gasteiger partial charge in [-0.15, -0.1) is 0 Å². The average molecular weight is 373 g/mol. The summed E-state index contributed by atoms with van der Waals surface area (Å²) >= 11 is 5.65. The van der Waals surface area contributed by atoms with Gasteiger partial charge in [-0.1, -0.05) is 35.9 Å². The van der Waals surface area contributed by atoms with Crippen molar-refractivity contribution < 1.29 is 18.7 Å². The zero-order valence-corrected chi connectivity index (χ0v) is 14.3. The molecule has 0 spiro atoms. The van der Waals surface area contributed by atoms with Crippen LogP contribution in [0.1, 0.15) is 5.56 Å². The molecule has 0 N–H and O–H groups in total. The summed E-state index contributed by atoms with van der Waals surface area (Å²) in [5.74, 6) is -1.83. The zero-order valence-electron chi connectivity index (χ0n) is 13.6. The van der Waals surface area contributed by atoms with Crippen molar-refractivity contribution in [3.8, 4) is 6.07 Å². The number of hydrogen-bond donors (Lipinski definition) is 0. The molecule has 2 rings (SSSR count). The van der Waals surface area contributed by atoms with Gasteiger partial charge in [-0.25, -0.2) is 9.18 Å². The van der Waals surface area contributed by atoms with Crippen LogP contribution in [-0.4, -0.2) is 25.0 Å². The second-order valence-corrected chi connectivity index (χ2v) is 5.50. The number of halogens is 2. The molecule has 0 bridgehead atoms. The molecule has 0 aromatic heterocycles. The smallest absolute Gasteiger partial charge is 0.331 e. The van der Waals surface area contributed by atoms with Crippen LogP contribution in [-0.2, 0) is 14.3 Å². The SMILES string of the molecule is N#CCN(C(=O)COC(=O)/C=C/c1ccc(F)c(Cl)c1)c1ccccc1. The first-order valence-electron chi connectivity index (χ1n) is 7.53. The maximum atomic E-state index is 13.1.